The van der Waals surface area contributed by atoms with Gasteiger partial charge in [-0.25, -0.2) is 8.42 Å². The van der Waals surface area contributed by atoms with Crippen LogP contribution in [0.3, 0.4) is 0 Å². The molecule has 0 spiro atoms. The highest BCUT2D eigenvalue weighted by Crippen LogP contribution is 2.20. The van der Waals surface area contributed by atoms with E-state index in [-0.39, 0.29) is 17.1 Å². The van der Waals surface area contributed by atoms with Gasteiger partial charge in [0, 0.05) is 0 Å². The molecule has 1 aliphatic heterocycles. The van der Waals surface area contributed by atoms with Crippen molar-refractivity contribution in [3.05, 3.63) is 11.1 Å². The van der Waals surface area contributed by atoms with Crippen molar-refractivity contribution in [3.8, 4) is 12.1 Å². The summed E-state index contributed by atoms with van der Waals surface area (Å²) in [5, 5.41) is 16.9. The molecular weight excluding hydrogens is 176 g/mol. The van der Waals surface area contributed by atoms with Crippen molar-refractivity contribution in [1.82, 2.24) is 0 Å². The summed E-state index contributed by atoms with van der Waals surface area (Å²) in [5.41, 5.74) is 0.413. The predicted molar refractivity (Wildman–Crippen MR) is 41.5 cm³/mol. The van der Waals surface area contributed by atoms with Gasteiger partial charge >= 0.3 is 0 Å². The minimum atomic E-state index is -3.02. The predicted octanol–water partition coefficient (Wildman–Crippen LogP) is 0.149. The Morgan fingerprint density at radius 1 is 1.33 bits per heavy atom. The van der Waals surface area contributed by atoms with Gasteiger partial charge in [-0.15, -0.1) is 0 Å². The average Bonchev–Trinajstić information content (AvgIpc) is 2.34. The van der Waals surface area contributed by atoms with Crippen molar-refractivity contribution in [2.45, 2.75) is 6.42 Å². The number of hydrogen-bond acceptors (Lipinski definition) is 4. The summed E-state index contributed by atoms with van der Waals surface area (Å²) in [6.45, 7) is 0. The summed E-state index contributed by atoms with van der Waals surface area (Å²) in [4.78, 5) is 0. The van der Waals surface area contributed by atoms with Gasteiger partial charge in [0.05, 0.1) is 11.5 Å². The van der Waals surface area contributed by atoms with Gasteiger partial charge in [0.15, 0.2) is 9.84 Å². The highest BCUT2D eigenvalue weighted by molar-refractivity contribution is 7.91. The zero-order valence-corrected chi connectivity index (χ0v) is 7.06. The number of rotatable bonds is 0. The average molecular weight is 182 g/mol. The summed E-state index contributed by atoms with van der Waals surface area (Å²) in [6.07, 6.45) is 0.332. The molecule has 12 heavy (non-hydrogen) atoms. The maximum Gasteiger partial charge on any atom is 0.154 e. The molecule has 0 bridgehead atoms. The molecule has 0 aromatic carbocycles. The molecule has 62 valence electrons. The van der Waals surface area contributed by atoms with Crippen LogP contribution in [0.4, 0.5) is 0 Å². The van der Waals surface area contributed by atoms with Gasteiger partial charge in [-0.3, -0.25) is 0 Å². The molecule has 1 fully saturated rings. The van der Waals surface area contributed by atoms with Crippen molar-refractivity contribution in [3.63, 3.8) is 0 Å². The first kappa shape index (κ1) is 8.76. The normalized spacial score (nSPS) is 19.7. The largest absolute Gasteiger partial charge is 0.228 e. The van der Waals surface area contributed by atoms with Crippen LogP contribution in [0.25, 0.3) is 0 Å². The number of hydrogen-bond donors (Lipinski definition) is 0. The van der Waals surface area contributed by atoms with E-state index in [9.17, 15) is 8.42 Å². The summed E-state index contributed by atoms with van der Waals surface area (Å²) in [6, 6.07) is 3.37. The van der Waals surface area contributed by atoms with Crippen LogP contribution in [0.5, 0.6) is 0 Å². The molecule has 0 aliphatic carbocycles. The molecule has 1 heterocycles. The maximum atomic E-state index is 10.9. The third kappa shape index (κ3) is 1.63. The quantitative estimate of drug-likeness (QED) is 0.499. The second kappa shape index (κ2) is 2.96. The van der Waals surface area contributed by atoms with Gasteiger partial charge in [0.25, 0.3) is 0 Å². The molecule has 1 saturated heterocycles. The molecule has 0 aromatic heterocycles. The Morgan fingerprint density at radius 3 is 2.25 bits per heavy atom. The zero-order chi connectivity index (χ0) is 9.19. The van der Waals surface area contributed by atoms with E-state index >= 15 is 0 Å². The Labute approximate surface area is 70.6 Å². The fraction of sp³-hybridized carbons (Fsp3) is 0.429. The molecular formula is C7H6N2O2S. The summed E-state index contributed by atoms with van der Waals surface area (Å²) in [7, 11) is -3.02. The van der Waals surface area contributed by atoms with Gasteiger partial charge in [-0.1, -0.05) is 0 Å². The third-order valence-electron chi connectivity index (χ3n) is 1.69. The molecule has 1 rings (SSSR count). The van der Waals surface area contributed by atoms with E-state index in [0.717, 1.165) is 0 Å². The molecule has 1 aliphatic rings. The van der Waals surface area contributed by atoms with Gasteiger partial charge in [0.2, 0.25) is 0 Å². The maximum absolute atomic E-state index is 10.9. The fourth-order valence-electron chi connectivity index (χ4n) is 1.07. The van der Waals surface area contributed by atoms with E-state index in [1.807, 2.05) is 0 Å². The monoisotopic (exact) mass is 182 g/mol. The zero-order valence-electron chi connectivity index (χ0n) is 6.24. The van der Waals surface area contributed by atoms with Crippen molar-refractivity contribution in [1.29, 1.82) is 10.5 Å². The van der Waals surface area contributed by atoms with Crippen LogP contribution >= 0.6 is 0 Å². The molecule has 0 N–H and O–H groups in total. The Hall–Kier alpha value is -1.33. The van der Waals surface area contributed by atoms with Crippen molar-refractivity contribution in [2.75, 3.05) is 11.5 Å². The Bertz CT molecular complexity index is 390. The number of nitriles is 2. The van der Waals surface area contributed by atoms with Crippen LogP contribution in [0.1, 0.15) is 6.42 Å². The number of nitrogens with zero attached hydrogens (tertiary/aromatic N) is 2. The molecule has 0 unspecified atom stereocenters. The molecule has 4 nitrogen and oxygen atoms in total. The lowest BCUT2D eigenvalue weighted by Crippen LogP contribution is -2.00. The van der Waals surface area contributed by atoms with Crippen LogP contribution in [-0.4, -0.2) is 19.9 Å². The van der Waals surface area contributed by atoms with Crippen LogP contribution in [0.2, 0.25) is 0 Å². The standard InChI is InChI=1S/C7H6N2O2S/c8-3-7(4-9)6-1-2-12(10,11)5-6/h1-2,5H2. The Kier molecular flexibility index (Phi) is 2.16. The molecule has 0 aromatic rings. The van der Waals surface area contributed by atoms with Crippen molar-refractivity contribution >= 4 is 9.84 Å². The molecule has 5 heteroatoms. The van der Waals surface area contributed by atoms with E-state index in [1.165, 1.54) is 0 Å². The Balaban J connectivity index is 3.06. The lowest BCUT2D eigenvalue weighted by molar-refractivity contribution is 0.602. The van der Waals surface area contributed by atoms with Crippen LogP contribution in [0.15, 0.2) is 11.1 Å². The van der Waals surface area contributed by atoms with Gasteiger partial charge in [0.1, 0.15) is 17.7 Å². The minimum absolute atomic E-state index is 0.0453. The van der Waals surface area contributed by atoms with Gasteiger partial charge in [-0.2, -0.15) is 10.5 Å². The van der Waals surface area contributed by atoms with E-state index in [4.69, 9.17) is 10.5 Å². The first-order chi connectivity index (χ1) is 5.59. The van der Waals surface area contributed by atoms with E-state index < -0.39 is 9.84 Å². The third-order valence-corrected chi connectivity index (χ3v) is 3.30. The summed E-state index contributed by atoms with van der Waals surface area (Å²) >= 11 is 0. The van der Waals surface area contributed by atoms with Crippen LogP contribution < -0.4 is 0 Å². The van der Waals surface area contributed by atoms with E-state index in [0.29, 0.717) is 12.0 Å². The first-order valence-corrected chi connectivity index (χ1v) is 5.14. The van der Waals surface area contributed by atoms with Gasteiger partial charge < -0.3 is 0 Å². The smallest absolute Gasteiger partial charge is 0.154 e. The van der Waals surface area contributed by atoms with Crippen LogP contribution in [0, 0.1) is 22.7 Å². The van der Waals surface area contributed by atoms with E-state index in [2.05, 4.69) is 0 Å². The molecule has 0 saturated carbocycles. The Morgan fingerprint density at radius 2 is 1.92 bits per heavy atom. The fourth-order valence-corrected chi connectivity index (χ4v) is 2.59. The van der Waals surface area contributed by atoms with Crippen LogP contribution in [-0.2, 0) is 9.84 Å². The second-order valence-corrected chi connectivity index (χ2v) is 4.73. The first-order valence-electron chi connectivity index (χ1n) is 3.32. The SMILES string of the molecule is N#CC(C#N)=C1CCS(=O)(=O)C1. The lowest BCUT2D eigenvalue weighted by Gasteiger charge is -1.89. The number of sulfone groups is 1. The highest BCUT2D eigenvalue weighted by atomic mass is 32.2. The summed E-state index contributed by atoms with van der Waals surface area (Å²) < 4.78 is 21.8. The number of allylic oxidation sites excluding steroid dienone is 1. The minimum Gasteiger partial charge on any atom is -0.228 e. The topological polar surface area (TPSA) is 81.7 Å². The highest BCUT2D eigenvalue weighted by Gasteiger charge is 2.25. The second-order valence-electron chi connectivity index (χ2n) is 2.54. The van der Waals surface area contributed by atoms with Gasteiger partial charge in [-0.05, 0) is 12.0 Å². The molecule has 0 radical (unpaired) electrons. The molecule has 0 atom stereocenters. The molecule has 0 amide bonds. The summed E-state index contributed by atoms with van der Waals surface area (Å²) in [5.74, 6) is -0.0569. The lowest BCUT2D eigenvalue weighted by atomic mass is 10.1. The van der Waals surface area contributed by atoms with Crippen molar-refractivity contribution < 1.29 is 8.42 Å². The van der Waals surface area contributed by atoms with Crippen molar-refractivity contribution in [2.24, 2.45) is 0 Å². The van der Waals surface area contributed by atoms with E-state index in [1.54, 1.807) is 12.1 Å².